The van der Waals surface area contributed by atoms with Gasteiger partial charge in [0.05, 0.1) is 5.52 Å². The van der Waals surface area contributed by atoms with Gasteiger partial charge in [-0.25, -0.2) is 0 Å². The van der Waals surface area contributed by atoms with Gasteiger partial charge in [-0.1, -0.05) is 52.3 Å². The number of hydrogen-bond acceptors (Lipinski definition) is 2. The molecule has 0 radical (unpaired) electrons. The van der Waals surface area contributed by atoms with Crippen LogP contribution in [-0.2, 0) is 13.2 Å². The zero-order valence-electron chi connectivity index (χ0n) is 12.3. The molecule has 1 heterocycles. The highest BCUT2D eigenvalue weighted by Crippen LogP contribution is 2.20. The Hall–Kier alpha value is -2.07. The first-order chi connectivity index (χ1) is 10.7. The number of rotatable bonds is 4. The maximum atomic E-state index is 12.5. The normalized spacial score (nSPS) is 10.8. The Kier molecular flexibility index (Phi) is 4.29. The molecule has 0 spiro atoms. The van der Waals surface area contributed by atoms with Crippen LogP contribution in [0.15, 0.2) is 63.9 Å². The lowest BCUT2D eigenvalue weighted by Crippen LogP contribution is -2.21. The number of benzene rings is 2. The number of fused-ring (bicyclic) bond motifs is 1. The Morgan fingerprint density at radius 2 is 1.82 bits per heavy atom. The van der Waals surface area contributed by atoms with Crippen LogP contribution in [0.4, 0.5) is 0 Å². The fourth-order valence-corrected chi connectivity index (χ4v) is 2.89. The number of nitrogens with zero attached hydrogens (tertiary/aromatic N) is 1. The molecule has 1 aromatic heterocycles. The molecule has 0 fully saturated rings. The van der Waals surface area contributed by atoms with Crippen LogP contribution in [-0.4, -0.2) is 4.57 Å². The minimum Gasteiger partial charge on any atom is -0.483 e. The largest absolute Gasteiger partial charge is 0.483 e. The van der Waals surface area contributed by atoms with Crippen molar-refractivity contribution in [2.75, 3.05) is 0 Å². The second-order valence-corrected chi connectivity index (χ2v) is 5.85. The van der Waals surface area contributed by atoms with Crippen molar-refractivity contribution in [2.24, 2.45) is 0 Å². The predicted octanol–water partition coefficient (Wildman–Crippen LogP) is 4.36. The van der Waals surface area contributed by atoms with Crippen LogP contribution < -0.4 is 10.3 Å². The molecule has 0 atom stereocenters. The molecule has 0 bridgehead atoms. The van der Waals surface area contributed by atoms with E-state index in [9.17, 15) is 4.79 Å². The van der Waals surface area contributed by atoms with E-state index in [0.29, 0.717) is 18.9 Å². The van der Waals surface area contributed by atoms with Crippen molar-refractivity contribution in [1.29, 1.82) is 0 Å². The van der Waals surface area contributed by atoms with E-state index < -0.39 is 0 Å². The van der Waals surface area contributed by atoms with Gasteiger partial charge in [0.25, 0.3) is 5.56 Å². The van der Waals surface area contributed by atoms with E-state index in [2.05, 4.69) is 15.9 Å². The van der Waals surface area contributed by atoms with Crippen molar-refractivity contribution in [3.63, 3.8) is 0 Å². The second kappa shape index (κ2) is 6.36. The van der Waals surface area contributed by atoms with Crippen LogP contribution in [0.1, 0.15) is 12.5 Å². The van der Waals surface area contributed by atoms with Gasteiger partial charge in [0.15, 0.2) is 5.75 Å². The molecule has 0 N–H and O–H groups in total. The van der Waals surface area contributed by atoms with Crippen molar-refractivity contribution < 1.29 is 4.74 Å². The third-order valence-electron chi connectivity index (χ3n) is 3.63. The summed E-state index contributed by atoms with van der Waals surface area (Å²) in [6.45, 7) is 2.94. The van der Waals surface area contributed by atoms with Crippen molar-refractivity contribution in [2.45, 2.75) is 20.1 Å². The number of halogens is 1. The van der Waals surface area contributed by atoms with Gasteiger partial charge in [-0.05, 0) is 25.1 Å². The summed E-state index contributed by atoms with van der Waals surface area (Å²) < 4.78 is 8.51. The van der Waals surface area contributed by atoms with Gasteiger partial charge in [0.2, 0.25) is 0 Å². The summed E-state index contributed by atoms with van der Waals surface area (Å²) in [6, 6.07) is 17.5. The molecule has 0 unspecified atom stereocenters. The molecule has 0 amide bonds. The highest BCUT2D eigenvalue weighted by Gasteiger charge is 2.09. The number of pyridine rings is 1. The van der Waals surface area contributed by atoms with Crippen molar-refractivity contribution in [3.8, 4) is 5.75 Å². The van der Waals surface area contributed by atoms with Crippen LogP contribution in [0.25, 0.3) is 10.9 Å². The lowest BCUT2D eigenvalue weighted by Gasteiger charge is -2.12. The number of para-hydroxylation sites is 1. The first-order valence-corrected chi connectivity index (χ1v) is 7.99. The summed E-state index contributed by atoms with van der Waals surface area (Å²) in [6.07, 6.45) is 0. The molecule has 3 aromatic rings. The zero-order chi connectivity index (χ0) is 15.5. The van der Waals surface area contributed by atoms with Crippen LogP contribution in [0.5, 0.6) is 5.75 Å². The fraction of sp³-hybridized carbons (Fsp3) is 0.167. The van der Waals surface area contributed by atoms with E-state index >= 15 is 0 Å². The minimum atomic E-state index is -0.0896. The van der Waals surface area contributed by atoms with Gasteiger partial charge in [0.1, 0.15) is 6.61 Å². The van der Waals surface area contributed by atoms with Crippen molar-refractivity contribution >= 4 is 26.8 Å². The van der Waals surface area contributed by atoms with Gasteiger partial charge < -0.3 is 9.30 Å². The van der Waals surface area contributed by atoms with E-state index in [0.717, 1.165) is 20.9 Å². The molecule has 3 rings (SSSR count). The molecule has 0 aliphatic carbocycles. The molecule has 0 saturated heterocycles. The maximum Gasteiger partial charge on any atom is 0.293 e. The van der Waals surface area contributed by atoms with Crippen molar-refractivity contribution in [3.05, 3.63) is 75.0 Å². The Morgan fingerprint density at radius 1 is 1.09 bits per heavy atom. The van der Waals surface area contributed by atoms with E-state index in [1.54, 1.807) is 4.57 Å². The Balaban J connectivity index is 1.99. The van der Waals surface area contributed by atoms with Crippen LogP contribution in [0, 0.1) is 0 Å². The Morgan fingerprint density at radius 3 is 2.59 bits per heavy atom. The average molecular weight is 358 g/mol. The first kappa shape index (κ1) is 14.9. The van der Waals surface area contributed by atoms with Gasteiger partial charge in [0, 0.05) is 22.0 Å². The predicted molar refractivity (Wildman–Crippen MR) is 92.4 cm³/mol. The zero-order valence-corrected chi connectivity index (χ0v) is 13.8. The summed E-state index contributed by atoms with van der Waals surface area (Å²) >= 11 is 3.49. The third-order valence-corrected chi connectivity index (χ3v) is 4.40. The number of hydrogen-bond donors (Lipinski definition) is 0. The Bertz CT molecular complexity index is 870. The van der Waals surface area contributed by atoms with Gasteiger partial charge in [-0.3, -0.25) is 4.79 Å². The highest BCUT2D eigenvalue weighted by molar-refractivity contribution is 9.10. The lowest BCUT2D eigenvalue weighted by atomic mass is 10.2. The van der Waals surface area contributed by atoms with Crippen LogP contribution >= 0.6 is 15.9 Å². The smallest absolute Gasteiger partial charge is 0.293 e. The minimum absolute atomic E-state index is 0.0896. The number of aryl methyl sites for hydroxylation is 1. The molecule has 0 aliphatic heterocycles. The molecular weight excluding hydrogens is 342 g/mol. The highest BCUT2D eigenvalue weighted by atomic mass is 79.9. The summed E-state index contributed by atoms with van der Waals surface area (Å²) in [5.74, 6) is 0.385. The van der Waals surface area contributed by atoms with Gasteiger partial charge in [-0.2, -0.15) is 0 Å². The maximum absolute atomic E-state index is 12.5. The van der Waals surface area contributed by atoms with Gasteiger partial charge in [-0.15, -0.1) is 0 Å². The monoisotopic (exact) mass is 357 g/mol. The molecule has 2 aromatic carbocycles. The van der Waals surface area contributed by atoms with Crippen LogP contribution in [0.2, 0.25) is 0 Å². The standard InChI is InChI=1S/C18H16BrNO2/c1-2-20-16-10-6-4-7-13(16)11-17(18(20)21)22-12-14-8-3-5-9-15(14)19/h3-11H,2,12H2,1H3. The summed E-state index contributed by atoms with van der Waals surface area (Å²) in [4.78, 5) is 12.5. The summed E-state index contributed by atoms with van der Waals surface area (Å²) in [7, 11) is 0. The molecular formula is C18H16BrNO2. The van der Waals surface area contributed by atoms with E-state index in [-0.39, 0.29) is 5.56 Å². The molecule has 4 heteroatoms. The number of ether oxygens (including phenoxy) is 1. The molecule has 3 nitrogen and oxygen atoms in total. The summed E-state index contributed by atoms with van der Waals surface area (Å²) in [5.41, 5.74) is 1.86. The SMILES string of the molecule is CCn1c(=O)c(OCc2ccccc2Br)cc2ccccc21. The van der Waals surface area contributed by atoms with E-state index in [1.807, 2.05) is 61.5 Å². The third kappa shape index (κ3) is 2.79. The van der Waals surface area contributed by atoms with Gasteiger partial charge >= 0.3 is 0 Å². The van der Waals surface area contributed by atoms with Crippen molar-refractivity contribution in [1.82, 2.24) is 4.57 Å². The van der Waals surface area contributed by atoms with E-state index in [4.69, 9.17) is 4.74 Å². The summed E-state index contributed by atoms with van der Waals surface area (Å²) in [5, 5.41) is 1.01. The lowest BCUT2D eigenvalue weighted by molar-refractivity contribution is 0.299. The average Bonchev–Trinajstić information content (AvgIpc) is 2.54. The van der Waals surface area contributed by atoms with Crippen LogP contribution in [0.3, 0.4) is 0 Å². The Labute approximate surface area is 137 Å². The molecule has 0 aliphatic rings. The first-order valence-electron chi connectivity index (χ1n) is 7.19. The molecule has 22 heavy (non-hydrogen) atoms. The topological polar surface area (TPSA) is 31.2 Å². The fourth-order valence-electron chi connectivity index (χ4n) is 2.49. The number of aromatic nitrogens is 1. The quantitative estimate of drug-likeness (QED) is 0.694. The van der Waals surface area contributed by atoms with E-state index in [1.165, 1.54) is 0 Å². The molecule has 0 saturated carbocycles. The molecule has 112 valence electrons. The second-order valence-electron chi connectivity index (χ2n) is 5.00.